The fraction of sp³-hybridized carbons (Fsp3) is 0.375. The van der Waals surface area contributed by atoms with Crippen molar-refractivity contribution >= 4 is 5.97 Å². The molecule has 1 fully saturated rings. The molecule has 1 aliphatic rings. The Balaban J connectivity index is 2.19. The minimum absolute atomic E-state index is 0.0147. The molecule has 6 heteroatoms. The van der Waals surface area contributed by atoms with Gasteiger partial charge in [-0.3, -0.25) is 0 Å². The predicted molar refractivity (Wildman–Crippen MR) is 43.9 cm³/mol. The summed E-state index contributed by atoms with van der Waals surface area (Å²) in [5.41, 5.74) is 5.27. The van der Waals surface area contributed by atoms with Crippen molar-refractivity contribution in [1.82, 2.24) is 10.2 Å². The molecule has 6 nitrogen and oxygen atoms in total. The molecule has 3 N–H and O–H groups in total. The van der Waals surface area contributed by atoms with Gasteiger partial charge in [-0.05, 0) is 12.8 Å². The van der Waals surface area contributed by atoms with Crippen LogP contribution in [0.1, 0.15) is 24.6 Å². The summed E-state index contributed by atoms with van der Waals surface area (Å²) in [4.78, 5) is 10.1. The van der Waals surface area contributed by atoms with Crippen LogP contribution in [0.4, 0.5) is 0 Å². The second-order valence-electron chi connectivity index (χ2n) is 3.12. The van der Waals surface area contributed by atoms with Gasteiger partial charge in [0.1, 0.15) is 0 Å². The highest BCUT2D eigenvalue weighted by Gasteiger charge is 2.45. The summed E-state index contributed by atoms with van der Waals surface area (Å²) in [5, 5.41) is 15.5. The van der Waals surface area contributed by atoms with Gasteiger partial charge in [-0.2, -0.15) is 0 Å². The van der Waals surface area contributed by atoms with Gasteiger partial charge >= 0.3 is 5.97 Å². The summed E-state index contributed by atoms with van der Waals surface area (Å²) in [6.07, 6.45) is 1.61. The first-order chi connectivity index (χ1) is 6.60. The number of carboxylic acids is 1. The first-order valence-electron chi connectivity index (χ1n) is 3.98. The second kappa shape index (κ2) is 2.82. The molecule has 72 valence electrons. The normalized spacial score (nSPS) is 16.9. The Morgan fingerprint density at radius 2 is 2.29 bits per heavy atom. The molecule has 0 aliphatic heterocycles. The zero-order valence-corrected chi connectivity index (χ0v) is 7.15. The lowest BCUT2D eigenvalue weighted by Gasteiger charge is -1.97. The van der Waals surface area contributed by atoms with Crippen LogP contribution >= 0.6 is 0 Å². The summed E-state index contributed by atoms with van der Waals surface area (Å²) in [5.74, 6) is 3.17. The van der Waals surface area contributed by atoms with E-state index in [2.05, 4.69) is 16.1 Å². The molecule has 1 heterocycles. The van der Waals surface area contributed by atoms with Crippen LogP contribution in [0, 0.1) is 11.8 Å². The Hall–Kier alpha value is -1.87. The highest BCUT2D eigenvalue weighted by molar-refractivity contribution is 5.86. The van der Waals surface area contributed by atoms with Crippen LogP contribution in [0.3, 0.4) is 0 Å². The smallest absolute Gasteiger partial charge is 0.382 e. The van der Waals surface area contributed by atoms with Gasteiger partial charge in [0.25, 0.3) is 5.89 Å². The zero-order valence-electron chi connectivity index (χ0n) is 7.15. The number of nitrogens with zero attached hydrogens (tertiary/aromatic N) is 2. The van der Waals surface area contributed by atoms with Crippen molar-refractivity contribution < 1.29 is 14.3 Å². The quantitative estimate of drug-likeness (QED) is 0.580. The van der Waals surface area contributed by atoms with E-state index < -0.39 is 11.5 Å². The molecule has 1 saturated carbocycles. The van der Waals surface area contributed by atoms with Crippen LogP contribution < -0.4 is 5.73 Å². The number of carboxylic acid groups (broad SMARTS) is 1. The molecule has 0 saturated heterocycles. The van der Waals surface area contributed by atoms with Crippen molar-refractivity contribution in [2.75, 3.05) is 0 Å². The molecule has 0 radical (unpaired) electrons. The van der Waals surface area contributed by atoms with E-state index in [1.807, 2.05) is 5.92 Å². The second-order valence-corrected chi connectivity index (χ2v) is 3.12. The Morgan fingerprint density at radius 3 is 2.86 bits per heavy atom. The molecule has 0 spiro atoms. The van der Waals surface area contributed by atoms with Crippen LogP contribution in [0.15, 0.2) is 4.42 Å². The molecule has 0 atom stereocenters. The van der Waals surface area contributed by atoms with Crippen LogP contribution in [0.5, 0.6) is 0 Å². The van der Waals surface area contributed by atoms with Crippen LogP contribution in [0.2, 0.25) is 0 Å². The number of aromatic nitrogens is 2. The van der Waals surface area contributed by atoms with Gasteiger partial charge in [-0.15, -0.1) is 5.10 Å². The minimum Gasteiger partial charge on any atom is -0.472 e. The Kier molecular flexibility index (Phi) is 1.75. The first-order valence-corrected chi connectivity index (χ1v) is 3.98. The zero-order chi connectivity index (χ0) is 10.2. The molecular formula is C8H7N3O3. The third kappa shape index (κ3) is 1.58. The van der Waals surface area contributed by atoms with Gasteiger partial charge in [-0.25, -0.2) is 4.79 Å². The maximum atomic E-state index is 10.1. The molecule has 14 heavy (non-hydrogen) atoms. The van der Waals surface area contributed by atoms with Crippen molar-refractivity contribution in [3.05, 3.63) is 11.8 Å². The lowest BCUT2D eigenvalue weighted by Crippen LogP contribution is -2.18. The average molecular weight is 193 g/mol. The fourth-order valence-corrected chi connectivity index (χ4v) is 0.930. The number of hydrogen-bond donors (Lipinski definition) is 2. The van der Waals surface area contributed by atoms with Gasteiger partial charge in [0, 0.05) is 11.8 Å². The maximum absolute atomic E-state index is 10.1. The molecular weight excluding hydrogens is 186 g/mol. The predicted octanol–water partition coefficient (Wildman–Crippen LogP) is -0.546. The van der Waals surface area contributed by atoms with Crippen molar-refractivity contribution in [3.63, 3.8) is 0 Å². The summed E-state index contributed by atoms with van der Waals surface area (Å²) < 4.78 is 5.08. The molecule has 0 amide bonds. The minimum atomic E-state index is -1.24. The summed E-state index contributed by atoms with van der Waals surface area (Å²) in [7, 11) is 0. The van der Waals surface area contributed by atoms with E-state index in [-0.39, 0.29) is 5.89 Å². The summed E-state index contributed by atoms with van der Waals surface area (Å²) in [6.45, 7) is 0. The molecule has 1 aromatic rings. The van der Waals surface area contributed by atoms with Gasteiger partial charge in [0.2, 0.25) is 5.89 Å². The molecule has 0 aromatic carbocycles. The largest absolute Gasteiger partial charge is 0.472 e. The Bertz CT molecular complexity index is 436. The van der Waals surface area contributed by atoms with Crippen LogP contribution in [0.25, 0.3) is 0 Å². The summed E-state index contributed by atoms with van der Waals surface area (Å²) >= 11 is 0. The van der Waals surface area contributed by atoms with Gasteiger partial charge in [0.15, 0.2) is 0 Å². The van der Waals surface area contributed by atoms with E-state index in [1.54, 1.807) is 0 Å². The van der Waals surface area contributed by atoms with Crippen molar-refractivity contribution in [2.45, 2.75) is 18.4 Å². The topological polar surface area (TPSA) is 102 Å². The molecule has 2 rings (SSSR count). The lowest BCUT2D eigenvalue weighted by molar-refractivity contribution is -0.130. The molecule has 0 bridgehead atoms. The number of aliphatic carboxylic acids is 1. The number of hydrogen-bond acceptors (Lipinski definition) is 5. The Labute approximate surface area is 79.1 Å². The average Bonchev–Trinajstić information content (AvgIpc) is 2.70. The number of rotatable bonds is 1. The van der Waals surface area contributed by atoms with Crippen molar-refractivity contribution in [2.24, 2.45) is 5.73 Å². The third-order valence-corrected chi connectivity index (χ3v) is 1.92. The van der Waals surface area contributed by atoms with E-state index in [1.165, 1.54) is 0 Å². The SMILES string of the molecule is NC1(c2nnc(C#CC(=O)O)o2)CC1. The van der Waals surface area contributed by atoms with E-state index in [4.69, 9.17) is 15.3 Å². The molecule has 0 unspecified atom stereocenters. The number of carbonyl (C=O) groups is 1. The monoisotopic (exact) mass is 193 g/mol. The van der Waals surface area contributed by atoms with Crippen LogP contribution in [-0.4, -0.2) is 21.3 Å². The summed E-state index contributed by atoms with van der Waals surface area (Å²) in [6, 6.07) is 0. The van der Waals surface area contributed by atoms with E-state index in [0.717, 1.165) is 12.8 Å². The molecule has 1 aromatic heterocycles. The van der Waals surface area contributed by atoms with Crippen molar-refractivity contribution in [1.29, 1.82) is 0 Å². The number of nitrogens with two attached hydrogens (primary N) is 1. The lowest BCUT2D eigenvalue weighted by atomic mass is 10.3. The van der Waals surface area contributed by atoms with Crippen LogP contribution in [-0.2, 0) is 10.3 Å². The van der Waals surface area contributed by atoms with E-state index in [9.17, 15) is 4.79 Å². The molecule has 1 aliphatic carbocycles. The fourth-order valence-electron chi connectivity index (χ4n) is 0.930. The van der Waals surface area contributed by atoms with Crippen molar-refractivity contribution in [3.8, 4) is 11.8 Å². The van der Waals surface area contributed by atoms with Gasteiger partial charge in [0.05, 0.1) is 5.54 Å². The highest BCUT2D eigenvalue weighted by Crippen LogP contribution is 2.41. The third-order valence-electron chi connectivity index (χ3n) is 1.92. The Morgan fingerprint density at radius 1 is 1.57 bits per heavy atom. The standard InChI is InChI=1S/C8H7N3O3/c9-8(3-4-8)7-11-10-5(14-7)1-2-6(12)13/h3-4,9H2,(H,12,13). The van der Waals surface area contributed by atoms with Gasteiger partial charge in [-0.1, -0.05) is 5.10 Å². The van der Waals surface area contributed by atoms with E-state index in [0.29, 0.717) is 5.89 Å². The van der Waals surface area contributed by atoms with E-state index >= 15 is 0 Å². The maximum Gasteiger partial charge on any atom is 0.382 e. The van der Waals surface area contributed by atoms with Gasteiger partial charge < -0.3 is 15.3 Å². The highest BCUT2D eigenvalue weighted by atomic mass is 16.4. The first kappa shape index (κ1) is 8.72.